The molecular weight excluding hydrogens is 470 g/mol. The Balaban J connectivity index is 1.39. The van der Waals surface area contributed by atoms with Gasteiger partial charge in [0.25, 0.3) is 11.5 Å². The molecule has 1 aliphatic rings. The van der Waals surface area contributed by atoms with Crippen molar-refractivity contribution in [1.82, 2.24) is 20.0 Å². The fourth-order valence-corrected chi connectivity index (χ4v) is 4.47. The van der Waals surface area contributed by atoms with Crippen molar-refractivity contribution >= 4 is 17.7 Å². The normalized spacial score (nSPS) is 15.4. The van der Waals surface area contributed by atoms with Crippen LogP contribution in [0.3, 0.4) is 0 Å². The summed E-state index contributed by atoms with van der Waals surface area (Å²) >= 11 is 0. The van der Waals surface area contributed by atoms with Crippen LogP contribution < -0.4 is 16.2 Å². The van der Waals surface area contributed by atoms with Crippen molar-refractivity contribution in [3.8, 4) is 11.3 Å². The van der Waals surface area contributed by atoms with Crippen LogP contribution in [0, 0.1) is 5.92 Å². The molecule has 0 saturated carbocycles. The molecule has 2 N–H and O–H groups in total. The highest BCUT2D eigenvalue weighted by Crippen LogP contribution is 2.19. The topological polar surface area (TPSA) is 106 Å². The van der Waals surface area contributed by atoms with Gasteiger partial charge in [0.2, 0.25) is 0 Å². The second-order valence-electron chi connectivity index (χ2n) is 9.30. The fraction of sp³-hybridized carbons (Fsp3) is 0.357. The first-order valence-electron chi connectivity index (χ1n) is 12.6. The maximum absolute atomic E-state index is 12.5. The van der Waals surface area contributed by atoms with Crippen LogP contribution in [0.1, 0.15) is 35.7 Å². The van der Waals surface area contributed by atoms with E-state index in [1.807, 2.05) is 18.2 Å². The summed E-state index contributed by atoms with van der Waals surface area (Å²) in [5.74, 6) is 0.554. The molecule has 0 radical (unpaired) electrons. The summed E-state index contributed by atoms with van der Waals surface area (Å²) in [6, 6.07) is 17.5. The summed E-state index contributed by atoms with van der Waals surface area (Å²) in [5.41, 5.74) is 3.15. The standard InChI is InChI=1S/C28H33N5O4/c1-3-37-28(36)30-24-6-4-5-21(17-24)19-33-26(34)12-11-25(31-33)22-7-9-23(10-8-22)27(35)29-15-13-20-14-16-32(2)18-20/h4-12,17,20H,3,13-16,18-19H2,1-2H3,(H,29,35)(H,30,36). The lowest BCUT2D eigenvalue weighted by atomic mass is 10.0. The maximum atomic E-state index is 12.5. The number of aromatic nitrogens is 2. The Kier molecular flexibility index (Phi) is 8.68. The summed E-state index contributed by atoms with van der Waals surface area (Å²) in [5, 5.41) is 10.2. The van der Waals surface area contributed by atoms with Crippen molar-refractivity contribution in [2.24, 2.45) is 5.92 Å². The fourth-order valence-electron chi connectivity index (χ4n) is 4.47. The van der Waals surface area contributed by atoms with Crippen LogP contribution in [-0.4, -0.2) is 60.0 Å². The number of likely N-dealkylation sites (tertiary alicyclic amines) is 1. The molecule has 1 aromatic heterocycles. The van der Waals surface area contributed by atoms with Crippen molar-refractivity contribution < 1.29 is 14.3 Å². The Hall–Kier alpha value is -3.98. The van der Waals surface area contributed by atoms with Crippen LogP contribution in [0.4, 0.5) is 10.5 Å². The smallest absolute Gasteiger partial charge is 0.411 e. The van der Waals surface area contributed by atoms with Crippen LogP contribution in [0.15, 0.2) is 65.5 Å². The molecule has 1 unspecified atom stereocenters. The zero-order chi connectivity index (χ0) is 26.2. The van der Waals surface area contributed by atoms with Crippen LogP contribution in [0.2, 0.25) is 0 Å². The van der Waals surface area contributed by atoms with E-state index in [2.05, 4.69) is 27.7 Å². The molecule has 1 saturated heterocycles. The lowest BCUT2D eigenvalue weighted by Crippen LogP contribution is -2.26. The molecule has 1 aliphatic heterocycles. The third-order valence-electron chi connectivity index (χ3n) is 6.42. The molecule has 194 valence electrons. The molecule has 2 amide bonds. The molecule has 2 aromatic carbocycles. The van der Waals surface area contributed by atoms with Gasteiger partial charge in [-0.1, -0.05) is 24.3 Å². The first kappa shape index (κ1) is 26.1. The minimum atomic E-state index is -0.532. The molecular formula is C28H33N5O4. The molecule has 0 aliphatic carbocycles. The molecule has 9 heteroatoms. The zero-order valence-corrected chi connectivity index (χ0v) is 21.3. The summed E-state index contributed by atoms with van der Waals surface area (Å²) in [4.78, 5) is 39.0. The molecule has 37 heavy (non-hydrogen) atoms. The lowest BCUT2D eigenvalue weighted by molar-refractivity contribution is 0.0951. The minimum absolute atomic E-state index is 0.0906. The number of anilines is 1. The van der Waals surface area contributed by atoms with E-state index in [9.17, 15) is 14.4 Å². The van der Waals surface area contributed by atoms with Gasteiger partial charge in [0.15, 0.2) is 0 Å². The maximum Gasteiger partial charge on any atom is 0.411 e. The van der Waals surface area contributed by atoms with Crippen LogP contribution >= 0.6 is 0 Å². The van der Waals surface area contributed by atoms with Crippen molar-refractivity contribution in [3.63, 3.8) is 0 Å². The average Bonchev–Trinajstić information content (AvgIpc) is 3.30. The number of nitrogens with one attached hydrogen (secondary N) is 2. The Labute approximate surface area is 216 Å². The van der Waals surface area contributed by atoms with Crippen molar-refractivity contribution in [2.45, 2.75) is 26.3 Å². The van der Waals surface area contributed by atoms with Crippen molar-refractivity contribution in [3.05, 3.63) is 82.1 Å². The highest BCUT2D eigenvalue weighted by molar-refractivity contribution is 5.94. The predicted octanol–water partition coefficient (Wildman–Crippen LogP) is 3.60. The van der Waals surface area contributed by atoms with Gasteiger partial charge in [0, 0.05) is 36.0 Å². The minimum Gasteiger partial charge on any atom is -0.450 e. The van der Waals surface area contributed by atoms with E-state index < -0.39 is 6.09 Å². The Morgan fingerprint density at radius 1 is 1.11 bits per heavy atom. The van der Waals surface area contributed by atoms with E-state index in [4.69, 9.17) is 4.74 Å². The number of amides is 2. The number of ether oxygens (including phenoxy) is 1. The van der Waals surface area contributed by atoms with Crippen LogP contribution in [-0.2, 0) is 11.3 Å². The predicted molar refractivity (Wildman–Crippen MR) is 143 cm³/mol. The second kappa shape index (κ2) is 12.3. The van der Waals surface area contributed by atoms with E-state index in [0.29, 0.717) is 29.4 Å². The highest BCUT2D eigenvalue weighted by atomic mass is 16.5. The monoisotopic (exact) mass is 503 g/mol. The van der Waals surface area contributed by atoms with Gasteiger partial charge in [0.05, 0.1) is 18.8 Å². The van der Waals surface area contributed by atoms with Gasteiger partial charge < -0.3 is 15.0 Å². The number of hydrogen-bond acceptors (Lipinski definition) is 6. The van der Waals surface area contributed by atoms with Crippen LogP contribution in [0.25, 0.3) is 11.3 Å². The number of carbonyl (C=O) groups is 2. The molecule has 4 rings (SSSR count). The Bertz CT molecular complexity index is 1290. The van der Waals surface area contributed by atoms with E-state index in [0.717, 1.165) is 30.6 Å². The molecule has 2 heterocycles. The molecule has 1 atom stereocenters. The number of benzene rings is 2. The second-order valence-corrected chi connectivity index (χ2v) is 9.30. The van der Waals surface area contributed by atoms with Gasteiger partial charge in [-0.3, -0.25) is 14.9 Å². The Morgan fingerprint density at radius 2 is 1.92 bits per heavy atom. The van der Waals surface area contributed by atoms with Gasteiger partial charge >= 0.3 is 6.09 Å². The molecule has 3 aromatic rings. The van der Waals surface area contributed by atoms with E-state index in [1.54, 1.807) is 43.3 Å². The van der Waals surface area contributed by atoms with Crippen molar-refractivity contribution in [1.29, 1.82) is 0 Å². The third kappa shape index (κ3) is 7.27. The van der Waals surface area contributed by atoms with Crippen molar-refractivity contribution in [2.75, 3.05) is 38.6 Å². The molecule has 9 nitrogen and oxygen atoms in total. The van der Waals surface area contributed by atoms with Gasteiger partial charge in [0.1, 0.15) is 0 Å². The summed E-state index contributed by atoms with van der Waals surface area (Å²) in [6.45, 7) is 5.14. The SMILES string of the molecule is CCOC(=O)Nc1cccc(Cn2nc(-c3ccc(C(=O)NCCC4CCN(C)C4)cc3)ccc2=O)c1. The van der Waals surface area contributed by atoms with E-state index in [1.165, 1.54) is 17.2 Å². The average molecular weight is 504 g/mol. The number of hydrogen-bond donors (Lipinski definition) is 2. The van der Waals surface area contributed by atoms with Crippen LogP contribution in [0.5, 0.6) is 0 Å². The summed E-state index contributed by atoms with van der Waals surface area (Å²) in [6.07, 6.45) is 1.64. The molecule has 0 spiro atoms. The Morgan fingerprint density at radius 3 is 2.65 bits per heavy atom. The third-order valence-corrected chi connectivity index (χ3v) is 6.42. The van der Waals surface area contributed by atoms with E-state index >= 15 is 0 Å². The molecule has 1 fully saturated rings. The largest absolute Gasteiger partial charge is 0.450 e. The van der Waals surface area contributed by atoms with Gasteiger partial charge in [-0.15, -0.1) is 0 Å². The van der Waals surface area contributed by atoms with Gasteiger partial charge in [-0.2, -0.15) is 5.10 Å². The summed E-state index contributed by atoms with van der Waals surface area (Å²) < 4.78 is 6.29. The first-order chi connectivity index (χ1) is 17.9. The number of rotatable bonds is 9. The zero-order valence-electron chi connectivity index (χ0n) is 21.3. The molecule has 0 bridgehead atoms. The number of nitrogens with zero attached hydrogens (tertiary/aromatic N) is 3. The lowest BCUT2D eigenvalue weighted by Gasteiger charge is -2.11. The summed E-state index contributed by atoms with van der Waals surface area (Å²) in [7, 11) is 2.13. The van der Waals surface area contributed by atoms with Gasteiger partial charge in [-0.05, 0) is 75.2 Å². The van der Waals surface area contributed by atoms with E-state index in [-0.39, 0.29) is 24.6 Å². The quantitative estimate of drug-likeness (QED) is 0.462. The number of carbonyl (C=O) groups excluding carboxylic acids is 2. The first-order valence-corrected chi connectivity index (χ1v) is 12.6. The van der Waals surface area contributed by atoms with Gasteiger partial charge in [-0.25, -0.2) is 9.48 Å². The highest BCUT2D eigenvalue weighted by Gasteiger charge is 2.19.